The van der Waals surface area contributed by atoms with Gasteiger partial charge in [0.1, 0.15) is 5.75 Å². The van der Waals surface area contributed by atoms with Crippen LogP contribution < -0.4 is 10.1 Å². The van der Waals surface area contributed by atoms with E-state index in [4.69, 9.17) is 9.84 Å². The number of aliphatic carboxylic acids is 1. The fraction of sp³-hybridized carbons (Fsp3) is 0.579. The zero-order valence-corrected chi connectivity index (χ0v) is 13.9. The van der Waals surface area contributed by atoms with Gasteiger partial charge < -0.3 is 15.2 Å². The maximum Gasteiger partial charge on any atom is 0.311 e. The lowest BCUT2D eigenvalue weighted by atomic mass is 9.90. The monoisotopic (exact) mass is 331 g/mol. The van der Waals surface area contributed by atoms with Crippen LogP contribution in [0.4, 0.5) is 0 Å². The second-order valence-electron chi connectivity index (χ2n) is 7.11. The molecule has 0 heterocycles. The largest absolute Gasteiger partial charge is 0.493 e. The average Bonchev–Trinajstić information content (AvgIpc) is 3.41. The number of rotatable bonds is 7. The van der Waals surface area contributed by atoms with Crippen LogP contribution in [0.1, 0.15) is 55.3 Å². The molecule has 2 aliphatic rings. The molecular formula is C19H25NO4. The number of carbonyl (C=O) groups is 2. The molecule has 2 fully saturated rings. The summed E-state index contributed by atoms with van der Waals surface area (Å²) in [5.41, 5.74) is -0.208. The highest BCUT2D eigenvalue weighted by Crippen LogP contribution is 2.45. The number of carboxylic acids is 1. The molecular weight excluding hydrogens is 306 g/mol. The Labute approximate surface area is 142 Å². The van der Waals surface area contributed by atoms with E-state index in [1.807, 2.05) is 12.1 Å². The SMILES string of the molecule is O=C(NCC1(C(=O)O)CC1)c1ccc(OCC2CCCCC2)cc1. The maximum atomic E-state index is 12.1. The highest BCUT2D eigenvalue weighted by atomic mass is 16.5. The lowest BCUT2D eigenvalue weighted by Crippen LogP contribution is -2.34. The zero-order chi connectivity index (χ0) is 17.0. The summed E-state index contributed by atoms with van der Waals surface area (Å²) in [6.07, 6.45) is 7.68. The van der Waals surface area contributed by atoms with Crippen molar-refractivity contribution in [1.82, 2.24) is 5.32 Å². The van der Waals surface area contributed by atoms with Crippen molar-refractivity contribution in [3.63, 3.8) is 0 Å². The molecule has 3 rings (SSSR count). The minimum Gasteiger partial charge on any atom is -0.493 e. The zero-order valence-electron chi connectivity index (χ0n) is 13.9. The van der Waals surface area contributed by atoms with Crippen LogP contribution >= 0.6 is 0 Å². The Morgan fingerprint density at radius 3 is 2.38 bits per heavy atom. The van der Waals surface area contributed by atoms with Crippen LogP contribution in [0.25, 0.3) is 0 Å². The van der Waals surface area contributed by atoms with Crippen LogP contribution in [0.15, 0.2) is 24.3 Å². The molecule has 0 bridgehead atoms. The molecule has 5 nitrogen and oxygen atoms in total. The minimum atomic E-state index is -0.825. The van der Waals surface area contributed by atoms with Crippen molar-refractivity contribution in [3.8, 4) is 5.75 Å². The lowest BCUT2D eigenvalue weighted by Gasteiger charge is -2.21. The molecule has 5 heteroatoms. The Kier molecular flexibility index (Phi) is 5.07. The number of nitrogens with one attached hydrogen (secondary N) is 1. The molecule has 2 N–H and O–H groups in total. The van der Waals surface area contributed by atoms with E-state index < -0.39 is 11.4 Å². The molecule has 0 atom stereocenters. The van der Waals surface area contributed by atoms with Crippen molar-refractivity contribution in [1.29, 1.82) is 0 Å². The summed E-state index contributed by atoms with van der Waals surface area (Å²) in [6.45, 7) is 0.938. The Bertz CT molecular complexity index is 586. The van der Waals surface area contributed by atoms with Gasteiger partial charge in [0.25, 0.3) is 5.91 Å². The first-order chi connectivity index (χ1) is 11.6. The van der Waals surface area contributed by atoms with E-state index in [1.165, 1.54) is 32.1 Å². The number of carbonyl (C=O) groups excluding carboxylic acids is 1. The van der Waals surface area contributed by atoms with Crippen molar-refractivity contribution < 1.29 is 19.4 Å². The molecule has 2 saturated carbocycles. The van der Waals surface area contributed by atoms with Crippen LogP contribution in [0.3, 0.4) is 0 Å². The van der Waals surface area contributed by atoms with Gasteiger partial charge in [0.05, 0.1) is 12.0 Å². The van der Waals surface area contributed by atoms with Gasteiger partial charge in [0.15, 0.2) is 0 Å². The number of ether oxygens (including phenoxy) is 1. The second-order valence-corrected chi connectivity index (χ2v) is 7.11. The summed E-state index contributed by atoms with van der Waals surface area (Å²) in [4.78, 5) is 23.2. The highest BCUT2D eigenvalue weighted by Gasteiger charge is 2.50. The molecule has 0 unspecified atom stereocenters. The van der Waals surface area contributed by atoms with Crippen molar-refractivity contribution in [3.05, 3.63) is 29.8 Å². The fourth-order valence-electron chi connectivity index (χ4n) is 3.24. The lowest BCUT2D eigenvalue weighted by molar-refractivity contribution is -0.143. The second kappa shape index (κ2) is 7.24. The highest BCUT2D eigenvalue weighted by molar-refractivity contribution is 5.94. The number of carboxylic acid groups (broad SMARTS) is 1. The molecule has 0 spiro atoms. The maximum absolute atomic E-state index is 12.1. The van der Waals surface area contributed by atoms with Crippen molar-refractivity contribution in [2.24, 2.45) is 11.3 Å². The van der Waals surface area contributed by atoms with Gasteiger partial charge in [0.2, 0.25) is 0 Å². The third-order valence-electron chi connectivity index (χ3n) is 5.22. The summed E-state index contributed by atoms with van der Waals surface area (Å²) in [6, 6.07) is 7.07. The van der Waals surface area contributed by atoms with Crippen LogP contribution in [-0.2, 0) is 4.79 Å². The fourth-order valence-corrected chi connectivity index (χ4v) is 3.24. The summed E-state index contributed by atoms with van der Waals surface area (Å²) in [5.74, 6) is 0.365. The van der Waals surface area contributed by atoms with Gasteiger partial charge in [-0.1, -0.05) is 19.3 Å². The third-order valence-corrected chi connectivity index (χ3v) is 5.22. The molecule has 0 radical (unpaired) electrons. The standard InChI is InChI=1S/C19H25NO4/c21-17(20-13-19(10-11-19)18(22)23)15-6-8-16(9-7-15)24-12-14-4-2-1-3-5-14/h6-9,14H,1-5,10-13H2,(H,20,21)(H,22,23). The molecule has 1 aromatic carbocycles. The van der Waals surface area contributed by atoms with Crippen LogP contribution in [0.2, 0.25) is 0 Å². The molecule has 1 aromatic rings. The predicted molar refractivity (Wildman–Crippen MR) is 90.1 cm³/mol. The van der Waals surface area contributed by atoms with Gasteiger partial charge in [-0.25, -0.2) is 0 Å². The normalized spacial score (nSPS) is 19.5. The van der Waals surface area contributed by atoms with Crippen LogP contribution in [0, 0.1) is 11.3 Å². The van der Waals surface area contributed by atoms with Gasteiger partial charge in [-0.2, -0.15) is 0 Å². The summed E-state index contributed by atoms with van der Waals surface area (Å²) in [5, 5.41) is 11.8. The van der Waals surface area contributed by atoms with Crippen LogP contribution in [0.5, 0.6) is 5.75 Å². The molecule has 1 amide bonds. The molecule has 0 saturated heterocycles. The predicted octanol–water partition coefficient (Wildman–Crippen LogP) is 3.24. The first kappa shape index (κ1) is 16.8. The van der Waals surface area contributed by atoms with E-state index in [0.717, 1.165) is 12.4 Å². The minimum absolute atomic E-state index is 0.196. The summed E-state index contributed by atoms with van der Waals surface area (Å²) < 4.78 is 5.83. The average molecular weight is 331 g/mol. The summed E-state index contributed by atoms with van der Waals surface area (Å²) >= 11 is 0. The van der Waals surface area contributed by atoms with E-state index in [2.05, 4.69) is 5.32 Å². The van der Waals surface area contributed by atoms with Crippen LogP contribution in [-0.4, -0.2) is 30.1 Å². The van der Waals surface area contributed by atoms with Gasteiger partial charge in [0, 0.05) is 12.1 Å². The molecule has 0 aliphatic heterocycles. The van der Waals surface area contributed by atoms with Gasteiger partial charge in [-0.3, -0.25) is 9.59 Å². The Morgan fingerprint density at radius 2 is 1.79 bits per heavy atom. The number of amides is 1. The molecule has 24 heavy (non-hydrogen) atoms. The van der Waals surface area contributed by atoms with Crippen molar-refractivity contribution >= 4 is 11.9 Å². The van der Waals surface area contributed by atoms with Gasteiger partial charge in [-0.15, -0.1) is 0 Å². The number of benzene rings is 1. The number of hydrogen-bond donors (Lipinski definition) is 2. The topological polar surface area (TPSA) is 75.6 Å². The number of hydrogen-bond acceptors (Lipinski definition) is 3. The smallest absolute Gasteiger partial charge is 0.311 e. The van der Waals surface area contributed by atoms with E-state index in [-0.39, 0.29) is 12.5 Å². The first-order valence-corrected chi connectivity index (χ1v) is 8.83. The van der Waals surface area contributed by atoms with E-state index in [0.29, 0.717) is 24.3 Å². The quantitative estimate of drug-likeness (QED) is 0.804. The third kappa shape index (κ3) is 4.08. The first-order valence-electron chi connectivity index (χ1n) is 8.83. The Hall–Kier alpha value is -2.04. The summed E-state index contributed by atoms with van der Waals surface area (Å²) in [7, 11) is 0. The van der Waals surface area contributed by atoms with E-state index in [1.54, 1.807) is 12.1 Å². The van der Waals surface area contributed by atoms with Gasteiger partial charge in [-0.05, 0) is 55.9 Å². The van der Waals surface area contributed by atoms with Crippen molar-refractivity contribution in [2.75, 3.05) is 13.2 Å². The van der Waals surface area contributed by atoms with E-state index in [9.17, 15) is 9.59 Å². The Morgan fingerprint density at radius 1 is 1.12 bits per heavy atom. The molecule has 130 valence electrons. The van der Waals surface area contributed by atoms with Crippen molar-refractivity contribution in [2.45, 2.75) is 44.9 Å². The molecule has 2 aliphatic carbocycles. The Balaban J connectivity index is 1.46. The van der Waals surface area contributed by atoms with E-state index >= 15 is 0 Å². The molecule has 0 aromatic heterocycles. The van der Waals surface area contributed by atoms with Gasteiger partial charge >= 0.3 is 5.97 Å².